The van der Waals surface area contributed by atoms with E-state index in [4.69, 9.17) is 0 Å². The fourth-order valence-electron chi connectivity index (χ4n) is 4.04. The molecule has 0 aromatic carbocycles. The molecule has 0 aromatic heterocycles. The molecule has 0 amide bonds. The summed E-state index contributed by atoms with van der Waals surface area (Å²) in [5.41, 5.74) is 0.465. The molecule has 2 fully saturated rings. The molecule has 2 rings (SSSR count). The second kappa shape index (κ2) is 7.46. The maximum absolute atomic E-state index is 3.86. The van der Waals surface area contributed by atoms with Crippen LogP contribution in [0.15, 0.2) is 0 Å². The van der Waals surface area contributed by atoms with Crippen molar-refractivity contribution in [1.29, 1.82) is 0 Å². The van der Waals surface area contributed by atoms with Crippen molar-refractivity contribution in [3.05, 3.63) is 0 Å². The average molecular weight is 295 g/mol. The van der Waals surface area contributed by atoms with Crippen molar-refractivity contribution >= 4 is 0 Å². The van der Waals surface area contributed by atoms with Gasteiger partial charge in [-0.25, -0.2) is 0 Å². The van der Waals surface area contributed by atoms with Crippen molar-refractivity contribution in [1.82, 2.24) is 10.2 Å². The Kier molecular flexibility index (Phi) is 6.14. The number of likely N-dealkylation sites (N-methyl/N-ethyl adjacent to an activating group) is 1. The van der Waals surface area contributed by atoms with E-state index >= 15 is 0 Å². The first-order chi connectivity index (χ1) is 9.95. The van der Waals surface area contributed by atoms with E-state index in [1.807, 2.05) is 0 Å². The number of hydrogen-bond donors (Lipinski definition) is 1. The topological polar surface area (TPSA) is 15.3 Å². The molecule has 1 N–H and O–H groups in total. The molecule has 0 radical (unpaired) electrons. The predicted molar refractivity (Wildman–Crippen MR) is 92.6 cm³/mol. The van der Waals surface area contributed by atoms with Crippen LogP contribution in [-0.2, 0) is 0 Å². The lowest BCUT2D eigenvalue weighted by atomic mass is 9.69. The van der Waals surface area contributed by atoms with Crippen LogP contribution in [0, 0.1) is 17.3 Å². The molecule has 0 heterocycles. The van der Waals surface area contributed by atoms with E-state index in [1.165, 1.54) is 58.2 Å². The highest BCUT2D eigenvalue weighted by atomic mass is 15.2. The lowest BCUT2D eigenvalue weighted by molar-refractivity contribution is 0.0582. The smallest absolute Gasteiger partial charge is 0.0252 e. The molecule has 124 valence electrons. The second-order valence-corrected chi connectivity index (χ2v) is 8.53. The average Bonchev–Trinajstić information content (AvgIpc) is 3.25. The minimum atomic E-state index is 0.465. The zero-order valence-corrected chi connectivity index (χ0v) is 15.1. The van der Waals surface area contributed by atoms with E-state index in [1.54, 1.807) is 0 Å². The minimum Gasteiger partial charge on any atom is -0.312 e. The van der Waals surface area contributed by atoms with Crippen LogP contribution in [0.4, 0.5) is 0 Å². The maximum Gasteiger partial charge on any atom is 0.0252 e. The molecule has 0 saturated heterocycles. The van der Waals surface area contributed by atoms with Gasteiger partial charge in [-0.15, -0.1) is 0 Å². The third-order valence-corrected chi connectivity index (χ3v) is 5.76. The van der Waals surface area contributed by atoms with Crippen molar-refractivity contribution in [2.45, 2.75) is 85.2 Å². The molecule has 3 unspecified atom stereocenters. The van der Waals surface area contributed by atoms with Gasteiger partial charge in [-0.1, -0.05) is 34.6 Å². The summed E-state index contributed by atoms with van der Waals surface area (Å²) in [7, 11) is 0. The molecule has 2 saturated carbocycles. The van der Waals surface area contributed by atoms with Crippen LogP contribution < -0.4 is 5.32 Å². The van der Waals surface area contributed by atoms with Gasteiger partial charge in [0.15, 0.2) is 0 Å². The Labute approximate surface area is 133 Å². The number of hydrogen-bond acceptors (Lipinski definition) is 2. The normalized spacial score (nSPS) is 30.9. The molecule has 0 spiro atoms. The third-order valence-electron chi connectivity index (χ3n) is 5.76. The van der Waals surface area contributed by atoms with Gasteiger partial charge in [0, 0.05) is 18.6 Å². The fraction of sp³-hybridized carbons (Fsp3) is 1.00. The molecule has 2 aliphatic carbocycles. The number of rotatable bonds is 7. The summed E-state index contributed by atoms with van der Waals surface area (Å²) in [4.78, 5) is 2.81. The standard InChI is InChI=1S/C19H38N2/c1-6-12-20-17-11-10-16(19(3,4)5)13-18(17)21(7-2)14-15-8-9-15/h15-18,20H,6-14H2,1-5H3. The number of nitrogens with one attached hydrogen (secondary N) is 1. The maximum atomic E-state index is 3.86. The van der Waals surface area contributed by atoms with Gasteiger partial charge in [0.05, 0.1) is 0 Å². The summed E-state index contributed by atoms with van der Waals surface area (Å²) >= 11 is 0. The lowest BCUT2D eigenvalue weighted by Crippen LogP contribution is -2.55. The van der Waals surface area contributed by atoms with Gasteiger partial charge in [-0.2, -0.15) is 0 Å². The van der Waals surface area contributed by atoms with Gasteiger partial charge in [0.25, 0.3) is 0 Å². The van der Waals surface area contributed by atoms with Crippen molar-refractivity contribution in [2.24, 2.45) is 17.3 Å². The highest BCUT2D eigenvalue weighted by Crippen LogP contribution is 2.40. The van der Waals surface area contributed by atoms with Crippen LogP contribution in [0.25, 0.3) is 0 Å². The van der Waals surface area contributed by atoms with Gasteiger partial charge >= 0.3 is 0 Å². The lowest BCUT2D eigenvalue weighted by Gasteiger charge is -2.46. The summed E-state index contributed by atoms with van der Waals surface area (Å²) in [6.45, 7) is 15.7. The van der Waals surface area contributed by atoms with Crippen LogP contribution in [0.2, 0.25) is 0 Å². The van der Waals surface area contributed by atoms with Crippen LogP contribution >= 0.6 is 0 Å². The Hall–Kier alpha value is -0.0800. The summed E-state index contributed by atoms with van der Waals surface area (Å²) < 4.78 is 0. The molecule has 2 aliphatic rings. The first-order valence-electron chi connectivity index (χ1n) is 9.43. The zero-order chi connectivity index (χ0) is 15.5. The van der Waals surface area contributed by atoms with Crippen LogP contribution in [-0.4, -0.2) is 36.6 Å². The van der Waals surface area contributed by atoms with Crippen LogP contribution in [0.1, 0.15) is 73.1 Å². The van der Waals surface area contributed by atoms with Gasteiger partial charge in [-0.05, 0) is 68.9 Å². The predicted octanol–water partition coefficient (Wildman–Crippen LogP) is 4.30. The minimum absolute atomic E-state index is 0.465. The van der Waals surface area contributed by atoms with E-state index in [0.29, 0.717) is 5.41 Å². The second-order valence-electron chi connectivity index (χ2n) is 8.53. The van der Waals surface area contributed by atoms with E-state index in [-0.39, 0.29) is 0 Å². The van der Waals surface area contributed by atoms with Gasteiger partial charge in [-0.3, -0.25) is 4.90 Å². The molecule has 0 bridgehead atoms. The molecule has 21 heavy (non-hydrogen) atoms. The number of nitrogens with zero attached hydrogens (tertiary/aromatic N) is 1. The zero-order valence-electron chi connectivity index (χ0n) is 15.1. The quantitative estimate of drug-likeness (QED) is 0.753. The first-order valence-corrected chi connectivity index (χ1v) is 9.43. The Morgan fingerprint density at radius 3 is 2.29 bits per heavy atom. The molecule has 0 aromatic rings. The van der Waals surface area contributed by atoms with E-state index in [2.05, 4.69) is 44.8 Å². The Morgan fingerprint density at radius 1 is 1.05 bits per heavy atom. The molecule has 2 heteroatoms. The highest BCUT2D eigenvalue weighted by molar-refractivity contribution is 4.95. The largest absolute Gasteiger partial charge is 0.312 e. The third kappa shape index (κ3) is 4.96. The van der Waals surface area contributed by atoms with E-state index < -0.39 is 0 Å². The summed E-state index contributed by atoms with van der Waals surface area (Å²) in [5, 5.41) is 3.86. The molecule has 2 nitrogen and oxygen atoms in total. The van der Waals surface area contributed by atoms with Crippen molar-refractivity contribution in [3.63, 3.8) is 0 Å². The van der Waals surface area contributed by atoms with Gasteiger partial charge in [0.1, 0.15) is 0 Å². The highest BCUT2D eigenvalue weighted by Gasteiger charge is 2.39. The van der Waals surface area contributed by atoms with Crippen LogP contribution in [0.5, 0.6) is 0 Å². The molecule has 0 aliphatic heterocycles. The van der Waals surface area contributed by atoms with Gasteiger partial charge in [0.2, 0.25) is 0 Å². The van der Waals surface area contributed by atoms with E-state index in [9.17, 15) is 0 Å². The van der Waals surface area contributed by atoms with Crippen LogP contribution in [0.3, 0.4) is 0 Å². The van der Waals surface area contributed by atoms with Crippen molar-refractivity contribution in [2.75, 3.05) is 19.6 Å². The van der Waals surface area contributed by atoms with Gasteiger partial charge < -0.3 is 5.32 Å². The Bertz CT molecular complexity index is 303. The molecular formula is C19H38N2. The van der Waals surface area contributed by atoms with E-state index in [0.717, 1.165) is 23.9 Å². The summed E-state index contributed by atoms with van der Waals surface area (Å²) in [5.74, 6) is 1.89. The summed E-state index contributed by atoms with van der Waals surface area (Å²) in [6, 6.07) is 1.49. The first kappa shape index (κ1) is 17.3. The Morgan fingerprint density at radius 2 is 1.76 bits per heavy atom. The fourth-order valence-corrected chi connectivity index (χ4v) is 4.04. The molecular weight excluding hydrogens is 256 g/mol. The van der Waals surface area contributed by atoms with Crippen molar-refractivity contribution in [3.8, 4) is 0 Å². The summed E-state index contributed by atoms with van der Waals surface area (Å²) in [6.07, 6.45) is 8.36. The van der Waals surface area contributed by atoms with Crippen molar-refractivity contribution < 1.29 is 0 Å². The Balaban J connectivity index is 2.02. The monoisotopic (exact) mass is 294 g/mol. The SMILES string of the molecule is CCCNC1CCC(C(C)(C)C)CC1N(CC)CC1CC1. The molecule has 3 atom stereocenters.